The van der Waals surface area contributed by atoms with Crippen molar-refractivity contribution in [1.82, 2.24) is 35.2 Å². The molecular weight excluding hydrogens is 346 g/mol. The summed E-state index contributed by atoms with van der Waals surface area (Å²) in [6, 6.07) is 5.30. The van der Waals surface area contributed by atoms with Gasteiger partial charge in [-0.05, 0) is 24.5 Å². The number of hydrogen-bond acceptors (Lipinski definition) is 6. The van der Waals surface area contributed by atoms with E-state index in [0.29, 0.717) is 23.8 Å². The molecule has 0 saturated carbocycles. The Kier molecular flexibility index (Phi) is 5.70. The van der Waals surface area contributed by atoms with E-state index >= 15 is 0 Å². The molecule has 0 fully saturated rings. The SMILES string of the molecule is CC(C)CC(NC(=O)CNC(=O)c1cnccn1)c1nnc2ccccn12. The third kappa shape index (κ3) is 4.63. The molecule has 0 spiro atoms. The summed E-state index contributed by atoms with van der Waals surface area (Å²) in [4.78, 5) is 32.1. The second kappa shape index (κ2) is 8.35. The summed E-state index contributed by atoms with van der Waals surface area (Å²) in [5.41, 5.74) is 0.874. The molecule has 0 aliphatic carbocycles. The Bertz CT molecular complexity index is 924. The first-order valence-electron chi connectivity index (χ1n) is 8.68. The van der Waals surface area contributed by atoms with Crippen molar-refractivity contribution in [2.75, 3.05) is 6.54 Å². The lowest BCUT2D eigenvalue weighted by Gasteiger charge is -2.19. The minimum Gasteiger partial charge on any atom is -0.345 e. The lowest BCUT2D eigenvalue weighted by molar-refractivity contribution is -0.121. The van der Waals surface area contributed by atoms with E-state index in [2.05, 4.69) is 44.6 Å². The highest BCUT2D eigenvalue weighted by molar-refractivity contribution is 5.94. The van der Waals surface area contributed by atoms with Gasteiger partial charge < -0.3 is 10.6 Å². The molecule has 0 bridgehead atoms. The number of carbonyl (C=O) groups excluding carboxylic acids is 2. The molecule has 1 unspecified atom stereocenters. The lowest BCUT2D eigenvalue weighted by atomic mass is 10.0. The Morgan fingerprint density at radius 1 is 1.19 bits per heavy atom. The van der Waals surface area contributed by atoms with Crippen LogP contribution >= 0.6 is 0 Å². The molecule has 27 heavy (non-hydrogen) atoms. The summed E-state index contributed by atoms with van der Waals surface area (Å²) >= 11 is 0. The summed E-state index contributed by atoms with van der Waals surface area (Å²) in [7, 11) is 0. The molecule has 0 saturated heterocycles. The van der Waals surface area contributed by atoms with E-state index in [1.54, 1.807) is 0 Å². The molecule has 0 radical (unpaired) electrons. The van der Waals surface area contributed by atoms with Gasteiger partial charge in [-0.15, -0.1) is 10.2 Å². The first-order chi connectivity index (χ1) is 13.0. The molecule has 0 aromatic carbocycles. The topological polar surface area (TPSA) is 114 Å². The number of pyridine rings is 1. The largest absolute Gasteiger partial charge is 0.345 e. The normalized spacial score (nSPS) is 12.1. The van der Waals surface area contributed by atoms with Crippen LogP contribution < -0.4 is 10.6 Å². The highest BCUT2D eigenvalue weighted by Crippen LogP contribution is 2.20. The van der Waals surface area contributed by atoms with Gasteiger partial charge in [0.15, 0.2) is 11.5 Å². The Balaban J connectivity index is 1.67. The second-order valence-electron chi connectivity index (χ2n) is 6.51. The van der Waals surface area contributed by atoms with Gasteiger partial charge in [0.05, 0.1) is 18.8 Å². The van der Waals surface area contributed by atoms with Gasteiger partial charge in [-0.25, -0.2) is 4.98 Å². The monoisotopic (exact) mass is 367 g/mol. The number of hydrogen-bond donors (Lipinski definition) is 2. The van der Waals surface area contributed by atoms with Crippen LogP contribution in [0.4, 0.5) is 0 Å². The van der Waals surface area contributed by atoms with Crippen LogP contribution in [0.3, 0.4) is 0 Å². The fourth-order valence-electron chi connectivity index (χ4n) is 2.71. The fraction of sp³-hybridized carbons (Fsp3) is 0.333. The molecule has 3 rings (SSSR count). The van der Waals surface area contributed by atoms with E-state index in [-0.39, 0.29) is 24.2 Å². The van der Waals surface area contributed by atoms with E-state index in [1.165, 1.54) is 18.6 Å². The maximum absolute atomic E-state index is 12.4. The average molecular weight is 367 g/mol. The smallest absolute Gasteiger partial charge is 0.271 e. The first kappa shape index (κ1) is 18.4. The number of amides is 2. The Hall–Kier alpha value is -3.36. The second-order valence-corrected chi connectivity index (χ2v) is 6.51. The van der Waals surface area contributed by atoms with Gasteiger partial charge in [0, 0.05) is 18.6 Å². The zero-order valence-electron chi connectivity index (χ0n) is 15.2. The molecule has 2 N–H and O–H groups in total. The van der Waals surface area contributed by atoms with Crippen molar-refractivity contribution in [3.05, 3.63) is 54.5 Å². The summed E-state index contributed by atoms with van der Waals surface area (Å²) in [5, 5.41) is 13.9. The van der Waals surface area contributed by atoms with E-state index in [9.17, 15) is 9.59 Å². The molecule has 3 aromatic heterocycles. The predicted molar refractivity (Wildman–Crippen MR) is 97.7 cm³/mol. The molecule has 0 aliphatic heterocycles. The molecule has 3 aromatic rings. The van der Waals surface area contributed by atoms with Crippen LogP contribution in [0.5, 0.6) is 0 Å². The molecule has 0 aliphatic rings. The van der Waals surface area contributed by atoms with Gasteiger partial charge in [-0.3, -0.25) is 19.0 Å². The van der Waals surface area contributed by atoms with Crippen molar-refractivity contribution in [3.63, 3.8) is 0 Å². The van der Waals surface area contributed by atoms with Gasteiger partial charge in [0.2, 0.25) is 5.91 Å². The highest BCUT2D eigenvalue weighted by atomic mass is 16.2. The van der Waals surface area contributed by atoms with Gasteiger partial charge in [0.1, 0.15) is 5.69 Å². The van der Waals surface area contributed by atoms with Crippen molar-refractivity contribution in [3.8, 4) is 0 Å². The maximum Gasteiger partial charge on any atom is 0.271 e. The predicted octanol–water partition coefficient (Wildman–Crippen LogP) is 1.15. The van der Waals surface area contributed by atoms with Gasteiger partial charge in [0.25, 0.3) is 5.91 Å². The van der Waals surface area contributed by atoms with Crippen LogP contribution in [0, 0.1) is 5.92 Å². The molecule has 140 valence electrons. The first-order valence-corrected chi connectivity index (χ1v) is 8.68. The van der Waals surface area contributed by atoms with Crippen LogP contribution in [0.2, 0.25) is 0 Å². The molecule has 9 nitrogen and oxygen atoms in total. The van der Waals surface area contributed by atoms with Crippen molar-refractivity contribution in [2.24, 2.45) is 5.92 Å². The highest BCUT2D eigenvalue weighted by Gasteiger charge is 2.22. The van der Waals surface area contributed by atoms with Crippen molar-refractivity contribution in [2.45, 2.75) is 26.3 Å². The van der Waals surface area contributed by atoms with E-state index in [0.717, 1.165) is 0 Å². The third-order valence-corrected chi connectivity index (χ3v) is 3.90. The van der Waals surface area contributed by atoms with Crippen molar-refractivity contribution in [1.29, 1.82) is 0 Å². The third-order valence-electron chi connectivity index (χ3n) is 3.90. The quantitative estimate of drug-likeness (QED) is 0.647. The van der Waals surface area contributed by atoms with Crippen molar-refractivity contribution < 1.29 is 9.59 Å². The van der Waals surface area contributed by atoms with Crippen LogP contribution in [0.15, 0.2) is 43.0 Å². The van der Waals surface area contributed by atoms with Gasteiger partial charge >= 0.3 is 0 Å². The minimum absolute atomic E-state index is 0.160. The summed E-state index contributed by atoms with van der Waals surface area (Å²) in [6.45, 7) is 3.97. The Morgan fingerprint density at radius 2 is 2.04 bits per heavy atom. The number of aromatic nitrogens is 5. The molecule has 2 amide bonds. The number of rotatable bonds is 7. The molecule has 1 atom stereocenters. The number of nitrogens with zero attached hydrogens (tertiary/aromatic N) is 5. The molecule has 9 heteroatoms. The van der Waals surface area contributed by atoms with Crippen LogP contribution in [-0.4, -0.2) is 42.9 Å². The van der Waals surface area contributed by atoms with E-state index < -0.39 is 5.91 Å². The lowest BCUT2D eigenvalue weighted by Crippen LogP contribution is -2.39. The van der Waals surface area contributed by atoms with Crippen LogP contribution in [-0.2, 0) is 4.79 Å². The van der Waals surface area contributed by atoms with Gasteiger partial charge in [-0.1, -0.05) is 19.9 Å². The minimum atomic E-state index is -0.452. The number of fused-ring (bicyclic) bond motifs is 1. The van der Waals surface area contributed by atoms with Crippen LogP contribution in [0.25, 0.3) is 5.65 Å². The Labute approximate surface area is 156 Å². The van der Waals surface area contributed by atoms with Crippen LogP contribution in [0.1, 0.15) is 42.6 Å². The number of carbonyl (C=O) groups is 2. The fourth-order valence-corrected chi connectivity index (χ4v) is 2.71. The Morgan fingerprint density at radius 3 is 2.78 bits per heavy atom. The summed E-state index contributed by atoms with van der Waals surface area (Å²) in [5.74, 6) is 0.227. The van der Waals surface area contributed by atoms with Crippen molar-refractivity contribution >= 4 is 17.5 Å². The zero-order valence-corrected chi connectivity index (χ0v) is 15.2. The van der Waals surface area contributed by atoms with E-state index in [4.69, 9.17) is 0 Å². The number of nitrogens with one attached hydrogen (secondary N) is 2. The average Bonchev–Trinajstić information content (AvgIpc) is 3.10. The van der Waals surface area contributed by atoms with Gasteiger partial charge in [-0.2, -0.15) is 0 Å². The molecule has 3 heterocycles. The van der Waals surface area contributed by atoms with E-state index in [1.807, 2.05) is 28.8 Å². The zero-order chi connectivity index (χ0) is 19.2. The summed E-state index contributed by atoms with van der Waals surface area (Å²) < 4.78 is 1.85. The standard InChI is InChI=1S/C18H21N7O2/c1-12(2)9-13(17-24-23-15-5-3-4-8-25(15)17)22-16(26)11-21-18(27)14-10-19-6-7-20-14/h3-8,10,12-13H,9,11H2,1-2H3,(H,21,27)(H,22,26). The molecular formula is C18H21N7O2. The maximum atomic E-state index is 12.4. The summed E-state index contributed by atoms with van der Waals surface area (Å²) in [6.07, 6.45) is 6.80.